The smallest absolute Gasteiger partial charge is 0.257 e. The van der Waals surface area contributed by atoms with Crippen LogP contribution in [-0.2, 0) is 19.4 Å². The molecule has 0 aliphatic heterocycles. The summed E-state index contributed by atoms with van der Waals surface area (Å²) in [7, 11) is 0. The predicted molar refractivity (Wildman–Crippen MR) is 135 cm³/mol. The number of nitrogens with zero attached hydrogens (tertiary/aromatic N) is 5. The van der Waals surface area contributed by atoms with Crippen LogP contribution in [0.15, 0.2) is 53.3 Å². The van der Waals surface area contributed by atoms with Gasteiger partial charge in [-0.3, -0.25) is 9.36 Å². The summed E-state index contributed by atoms with van der Waals surface area (Å²) in [6.07, 6.45) is 3.52. The van der Waals surface area contributed by atoms with Gasteiger partial charge in [0.15, 0.2) is 5.82 Å². The van der Waals surface area contributed by atoms with Crippen LogP contribution in [0.5, 0.6) is 0 Å². The van der Waals surface area contributed by atoms with Crippen molar-refractivity contribution in [2.45, 2.75) is 65.8 Å². The van der Waals surface area contributed by atoms with Crippen molar-refractivity contribution in [3.05, 3.63) is 81.5 Å². The van der Waals surface area contributed by atoms with Gasteiger partial charge in [0.1, 0.15) is 5.82 Å². The molecule has 2 aromatic carbocycles. The van der Waals surface area contributed by atoms with E-state index in [-0.39, 0.29) is 11.5 Å². The number of aromatic nitrogens is 6. The summed E-state index contributed by atoms with van der Waals surface area (Å²) in [5.74, 6) is 1.73. The molecular weight excluding hydrogens is 424 g/mol. The Morgan fingerprint density at radius 1 is 1.00 bits per heavy atom. The molecule has 176 valence electrons. The minimum atomic E-state index is 0.0968. The van der Waals surface area contributed by atoms with Crippen LogP contribution in [-0.4, -0.2) is 30.2 Å². The second-order valence-electron chi connectivity index (χ2n) is 8.87. The second kappa shape index (κ2) is 10.5. The lowest BCUT2D eigenvalue weighted by Crippen LogP contribution is -2.30. The van der Waals surface area contributed by atoms with Crippen LogP contribution in [0, 0.1) is 0 Å². The molecule has 0 spiro atoms. The highest BCUT2D eigenvalue weighted by molar-refractivity contribution is 5.80. The van der Waals surface area contributed by atoms with E-state index in [4.69, 9.17) is 4.98 Å². The van der Waals surface area contributed by atoms with Crippen molar-refractivity contribution in [3.63, 3.8) is 0 Å². The lowest BCUT2D eigenvalue weighted by molar-refractivity contribution is 0.588. The molecule has 7 heteroatoms. The first-order chi connectivity index (χ1) is 16.5. The predicted octanol–water partition coefficient (Wildman–Crippen LogP) is 5.17. The van der Waals surface area contributed by atoms with E-state index in [1.54, 1.807) is 0 Å². The molecule has 4 aromatic rings. The third-order valence-corrected chi connectivity index (χ3v) is 6.15. The molecule has 0 aliphatic carbocycles. The fraction of sp³-hybridized carbons (Fsp3) is 0.370. The number of unbranched alkanes of at least 4 members (excludes halogenated alkanes) is 1. The van der Waals surface area contributed by atoms with Gasteiger partial charge < -0.3 is 0 Å². The second-order valence-corrected chi connectivity index (χ2v) is 8.87. The van der Waals surface area contributed by atoms with Gasteiger partial charge in [-0.15, -0.1) is 5.10 Å². The highest BCUT2D eigenvalue weighted by Crippen LogP contribution is 2.30. The van der Waals surface area contributed by atoms with Crippen LogP contribution in [0.2, 0.25) is 0 Å². The van der Waals surface area contributed by atoms with Gasteiger partial charge in [-0.05, 0) is 46.9 Å². The Labute approximate surface area is 200 Å². The van der Waals surface area contributed by atoms with E-state index in [0.29, 0.717) is 18.8 Å². The number of aromatic amines is 1. The average Bonchev–Trinajstić information content (AvgIpc) is 3.39. The number of aryl methyl sites for hydroxylation is 1. The van der Waals surface area contributed by atoms with E-state index in [1.165, 1.54) is 0 Å². The molecule has 0 fully saturated rings. The fourth-order valence-corrected chi connectivity index (χ4v) is 4.35. The van der Waals surface area contributed by atoms with Gasteiger partial charge in [0.2, 0.25) is 0 Å². The zero-order chi connectivity index (χ0) is 24.1. The molecule has 0 aliphatic rings. The Hall–Kier alpha value is -3.61. The Bertz CT molecular complexity index is 1290. The number of rotatable bonds is 9. The van der Waals surface area contributed by atoms with E-state index in [2.05, 4.69) is 71.7 Å². The fourth-order valence-electron chi connectivity index (χ4n) is 4.35. The van der Waals surface area contributed by atoms with E-state index in [0.717, 1.165) is 58.6 Å². The first-order valence-corrected chi connectivity index (χ1v) is 12.1. The SMILES string of the molecule is CCCCc1nc(C(C)C)n(CC)c(=O)c1Cc1ccc(-c2ccccc2-c2nnn[nH]2)cc1. The van der Waals surface area contributed by atoms with Crippen molar-refractivity contribution in [1.82, 2.24) is 30.2 Å². The lowest BCUT2D eigenvalue weighted by Gasteiger charge is -2.18. The molecule has 2 aromatic heterocycles. The summed E-state index contributed by atoms with van der Waals surface area (Å²) in [4.78, 5) is 18.5. The van der Waals surface area contributed by atoms with E-state index in [9.17, 15) is 4.79 Å². The summed E-state index contributed by atoms with van der Waals surface area (Å²) in [5.41, 5.74) is 6.03. The summed E-state index contributed by atoms with van der Waals surface area (Å²) < 4.78 is 1.84. The quantitative estimate of drug-likeness (QED) is 0.375. The Kier molecular flexibility index (Phi) is 7.30. The largest absolute Gasteiger partial charge is 0.296 e. The van der Waals surface area contributed by atoms with Gasteiger partial charge in [-0.25, -0.2) is 10.1 Å². The monoisotopic (exact) mass is 456 g/mol. The van der Waals surface area contributed by atoms with Crippen molar-refractivity contribution in [2.24, 2.45) is 0 Å². The maximum absolute atomic E-state index is 13.5. The Morgan fingerprint density at radius 2 is 1.74 bits per heavy atom. The first kappa shape index (κ1) is 23.5. The highest BCUT2D eigenvalue weighted by atomic mass is 16.1. The number of hydrogen-bond acceptors (Lipinski definition) is 5. The summed E-state index contributed by atoms with van der Waals surface area (Å²) in [5, 5.41) is 14.3. The summed E-state index contributed by atoms with van der Waals surface area (Å²) in [6.45, 7) is 9.01. The van der Waals surface area contributed by atoms with Crippen molar-refractivity contribution >= 4 is 0 Å². The highest BCUT2D eigenvalue weighted by Gasteiger charge is 2.18. The summed E-state index contributed by atoms with van der Waals surface area (Å²) in [6, 6.07) is 16.4. The average molecular weight is 457 g/mol. The van der Waals surface area contributed by atoms with Gasteiger partial charge in [0, 0.05) is 30.0 Å². The number of tetrazole rings is 1. The van der Waals surface area contributed by atoms with E-state index in [1.807, 2.05) is 29.7 Å². The minimum absolute atomic E-state index is 0.0968. The Morgan fingerprint density at radius 3 is 2.35 bits per heavy atom. The summed E-state index contributed by atoms with van der Waals surface area (Å²) >= 11 is 0. The number of H-pyrrole nitrogens is 1. The molecule has 0 amide bonds. The van der Waals surface area contributed by atoms with Crippen LogP contribution in [0.1, 0.15) is 69.1 Å². The first-order valence-electron chi connectivity index (χ1n) is 12.1. The van der Waals surface area contributed by atoms with Gasteiger partial charge in [0.25, 0.3) is 5.56 Å². The third-order valence-electron chi connectivity index (χ3n) is 6.15. The molecule has 0 saturated heterocycles. The molecule has 0 unspecified atom stereocenters. The van der Waals surface area contributed by atoms with Crippen molar-refractivity contribution in [2.75, 3.05) is 0 Å². The van der Waals surface area contributed by atoms with Crippen LogP contribution >= 0.6 is 0 Å². The van der Waals surface area contributed by atoms with Gasteiger partial charge >= 0.3 is 0 Å². The zero-order valence-corrected chi connectivity index (χ0v) is 20.4. The molecular formula is C27H32N6O. The maximum atomic E-state index is 13.5. The molecule has 0 bridgehead atoms. The van der Waals surface area contributed by atoms with Gasteiger partial charge in [-0.1, -0.05) is 75.7 Å². The van der Waals surface area contributed by atoms with Crippen molar-refractivity contribution in [1.29, 1.82) is 0 Å². The van der Waals surface area contributed by atoms with Crippen LogP contribution in [0.4, 0.5) is 0 Å². The molecule has 0 saturated carbocycles. The Balaban J connectivity index is 1.69. The number of hydrogen-bond donors (Lipinski definition) is 1. The molecule has 0 radical (unpaired) electrons. The van der Waals surface area contributed by atoms with E-state index >= 15 is 0 Å². The molecule has 4 rings (SSSR count). The molecule has 2 heterocycles. The van der Waals surface area contributed by atoms with Gasteiger partial charge in [-0.2, -0.15) is 0 Å². The zero-order valence-electron chi connectivity index (χ0n) is 20.4. The maximum Gasteiger partial charge on any atom is 0.257 e. The van der Waals surface area contributed by atoms with Crippen LogP contribution < -0.4 is 5.56 Å². The van der Waals surface area contributed by atoms with Crippen LogP contribution in [0.25, 0.3) is 22.5 Å². The van der Waals surface area contributed by atoms with E-state index < -0.39 is 0 Å². The van der Waals surface area contributed by atoms with Crippen molar-refractivity contribution in [3.8, 4) is 22.5 Å². The van der Waals surface area contributed by atoms with Crippen LogP contribution in [0.3, 0.4) is 0 Å². The number of benzene rings is 2. The molecule has 7 nitrogen and oxygen atoms in total. The topological polar surface area (TPSA) is 89.3 Å². The molecule has 0 atom stereocenters. The molecule has 1 N–H and O–H groups in total. The lowest BCUT2D eigenvalue weighted by atomic mass is 9.96. The normalized spacial score (nSPS) is 11.3. The van der Waals surface area contributed by atoms with Crippen molar-refractivity contribution < 1.29 is 0 Å². The third kappa shape index (κ3) is 4.83. The standard InChI is InChI=1S/C27H32N6O/c1-5-7-12-24-23(27(34)33(6-2)26(28-24)18(3)4)17-19-13-15-20(16-14-19)21-10-8-9-11-22(21)25-29-31-32-30-25/h8-11,13-16,18H,5-7,12,17H2,1-4H3,(H,29,30,31,32). The minimum Gasteiger partial charge on any atom is -0.296 e. The van der Waals surface area contributed by atoms with Gasteiger partial charge in [0.05, 0.1) is 5.69 Å². The molecule has 34 heavy (non-hydrogen) atoms. The number of nitrogens with one attached hydrogen (secondary N) is 1.